The second-order valence-electron chi connectivity index (χ2n) is 4.17. The van der Waals surface area contributed by atoms with Crippen LogP contribution in [0.15, 0.2) is 33.6 Å². The average molecular weight is 393 g/mol. The Morgan fingerprint density at radius 3 is 2.57 bits per heavy atom. The number of hydrogen-bond acceptors (Lipinski definition) is 5. The molecule has 0 fully saturated rings. The minimum absolute atomic E-state index is 0. The van der Waals surface area contributed by atoms with Crippen LogP contribution in [0.3, 0.4) is 0 Å². The van der Waals surface area contributed by atoms with Crippen LogP contribution in [0.2, 0.25) is 0 Å². The molecule has 4 nitrogen and oxygen atoms in total. The number of nitrogens with zero attached hydrogens (tertiary/aromatic N) is 1. The number of rotatable bonds is 6. The van der Waals surface area contributed by atoms with Crippen molar-refractivity contribution in [2.45, 2.75) is 17.6 Å². The van der Waals surface area contributed by atoms with Gasteiger partial charge in [0.15, 0.2) is 0 Å². The number of oxazole rings is 1. The summed E-state index contributed by atoms with van der Waals surface area (Å²) in [4.78, 5) is 16.3. The number of amides is 1. The van der Waals surface area contributed by atoms with Gasteiger partial charge >= 0.3 is 58.2 Å². The zero-order valence-corrected chi connectivity index (χ0v) is 18.9. The first-order valence-corrected chi connectivity index (χ1v) is 8.41. The normalized spacial score (nSPS) is 10.2. The number of aromatic nitrogens is 1. The largest absolute Gasteiger partial charge is 1.00 e. The molecular formula is C14H15N2O2RbS2. The summed E-state index contributed by atoms with van der Waals surface area (Å²) in [6.07, 6.45) is 2.03. The molecule has 2 aromatic rings. The van der Waals surface area contributed by atoms with Gasteiger partial charge in [0.25, 0.3) is 0 Å². The van der Waals surface area contributed by atoms with Crippen LogP contribution >= 0.6 is 23.5 Å². The summed E-state index contributed by atoms with van der Waals surface area (Å²) in [7, 11) is 0. The molecule has 1 aromatic heterocycles. The average Bonchev–Trinajstić information content (AvgIpc) is 2.80. The van der Waals surface area contributed by atoms with Crippen molar-refractivity contribution in [3.63, 3.8) is 0 Å². The van der Waals surface area contributed by atoms with Crippen molar-refractivity contribution in [1.82, 2.24) is 4.98 Å². The summed E-state index contributed by atoms with van der Waals surface area (Å²) >= 11 is 3.07. The molecule has 0 bridgehead atoms. The van der Waals surface area contributed by atoms with Gasteiger partial charge in [0.05, 0.1) is 11.6 Å². The third-order valence-corrected chi connectivity index (χ3v) is 4.39. The van der Waals surface area contributed by atoms with Gasteiger partial charge in [-0.2, -0.15) is 0 Å². The van der Waals surface area contributed by atoms with Crippen LogP contribution < -0.4 is 58.2 Å². The topological polar surface area (TPSA) is 66.9 Å². The van der Waals surface area contributed by atoms with E-state index in [1.165, 1.54) is 16.7 Å². The van der Waals surface area contributed by atoms with Gasteiger partial charge in [0.2, 0.25) is 5.89 Å². The van der Waals surface area contributed by atoms with Crippen LogP contribution in [-0.4, -0.2) is 22.9 Å². The zero-order chi connectivity index (χ0) is 14.5. The van der Waals surface area contributed by atoms with E-state index in [1.54, 1.807) is 11.8 Å². The Hall–Kier alpha value is 0.405. The predicted molar refractivity (Wildman–Crippen MR) is 83.9 cm³/mol. The van der Waals surface area contributed by atoms with Gasteiger partial charge in [-0.1, -0.05) is 0 Å². The first-order chi connectivity index (χ1) is 9.60. The van der Waals surface area contributed by atoms with E-state index in [-0.39, 0.29) is 63.9 Å². The molecule has 1 aromatic carbocycles. The van der Waals surface area contributed by atoms with Crippen molar-refractivity contribution in [3.05, 3.63) is 41.5 Å². The summed E-state index contributed by atoms with van der Waals surface area (Å²) in [6, 6.07) is 8.04. The maximum absolute atomic E-state index is 10.6. The van der Waals surface area contributed by atoms with Crippen molar-refractivity contribution >= 4 is 29.4 Å². The van der Waals surface area contributed by atoms with E-state index >= 15 is 0 Å². The monoisotopic (exact) mass is 392 g/mol. The summed E-state index contributed by atoms with van der Waals surface area (Å²) < 4.78 is 5.67. The molecule has 0 radical (unpaired) electrons. The predicted octanol–water partition coefficient (Wildman–Crippen LogP) is 1.19. The van der Waals surface area contributed by atoms with Gasteiger partial charge in [-0.3, -0.25) is 0 Å². The van der Waals surface area contributed by atoms with Crippen LogP contribution in [0.5, 0.6) is 0 Å². The Morgan fingerprint density at radius 1 is 1.33 bits per heavy atom. The van der Waals surface area contributed by atoms with Crippen molar-refractivity contribution < 1.29 is 67.4 Å². The molecule has 0 spiro atoms. The van der Waals surface area contributed by atoms with Gasteiger partial charge < -0.3 is 14.9 Å². The molecule has 0 saturated heterocycles. The smallest absolute Gasteiger partial charge is 0.667 e. The van der Waals surface area contributed by atoms with Crippen LogP contribution in [0, 0.1) is 6.92 Å². The molecule has 21 heavy (non-hydrogen) atoms. The Bertz CT molecular complexity index is 600. The fourth-order valence-electron chi connectivity index (χ4n) is 1.66. The number of aryl methyl sites for hydroxylation is 1. The Kier molecular flexibility index (Phi) is 8.82. The van der Waals surface area contributed by atoms with Gasteiger partial charge in [0, 0.05) is 22.0 Å². The molecule has 7 heteroatoms. The van der Waals surface area contributed by atoms with Gasteiger partial charge in [-0.25, -0.2) is 4.98 Å². The van der Waals surface area contributed by atoms with Gasteiger partial charge in [-0.15, -0.1) is 23.5 Å². The molecule has 0 aliphatic heterocycles. The molecule has 0 unspecified atom stereocenters. The standard InChI is InChI=1S/C14H16N2O2S2.Rb/c1-9-12(7-20-8-13(15)17)16-14(18-9)10-3-5-11(19-2)6-4-10;/h3-6H,7-8H2,1-2H3,(H2,15,17);/q;+1/p-1. The number of benzene rings is 1. The number of nitrogens with one attached hydrogen (secondary N) is 1. The first kappa shape index (κ1) is 19.5. The molecule has 0 saturated carbocycles. The molecule has 0 atom stereocenters. The Morgan fingerprint density at radius 2 is 2.00 bits per heavy atom. The van der Waals surface area contributed by atoms with Crippen molar-refractivity contribution in [2.24, 2.45) is 0 Å². The fraction of sp³-hybridized carbons (Fsp3) is 0.286. The molecule has 2 rings (SSSR count). The summed E-state index contributed by atoms with van der Waals surface area (Å²) in [6.45, 7) is 1.87. The first-order valence-electron chi connectivity index (χ1n) is 6.03. The SMILES string of the molecule is CSc1ccc(-c2nc(CSCC([NH-])=O)c(C)o2)cc1.[Rb+]. The van der Waals surface area contributed by atoms with Crippen molar-refractivity contribution in [3.8, 4) is 11.5 Å². The minimum atomic E-state index is -0.566. The minimum Gasteiger partial charge on any atom is -0.667 e. The second-order valence-corrected chi connectivity index (χ2v) is 6.03. The molecule has 0 aliphatic carbocycles. The Labute approximate surface area is 181 Å². The molecular weight excluding hydrogens is 378 g/mol. The van der Waals surface area contributed by atoms with Crippen LogP contribution in [0.25, 0.3) is 17.2 Å². The van der Waals surface area contributed by atoms with Crippen LogP contribution in [0.1, 0.15) is 11.5 Å². The summed E-state index contributed by atoms with van der Waals surface area (Å²) in [5, 5.41) is 0. The zero-order valence-electron chi connectivity index (χ0n) is 12.3. The molecule has 0 aliphatic rings. The van der Waals surface area contributed by atoms with Crippen molar-refractivity contribution in [1.29, 1.82) is 0 Å². The number of carbonyl (C=O) groups is 1. The van der Waals surface area contributed by atoms with Crippen molar-refractivity contribution in [2.75, 3.05) is 12.0 Å². The van der Waals surface area contributed by atoms with E-state index in [1.807, 2.05) is 37.4 Å². The van der Waals surface area contributed by atoms with E-state index in [9.17, 15) is 4.79 Å². The Balaban J connectivity index is 0.00000220. The second kappa shape index (κ2) is 9.52. The molecule has 1 N–H and O–H groups in total. The third kappa shape index (κ3) is 5.84. The quantitative estimate of drug-likeness (QED) is 0.691. The van der Waals surface area contributed by atoms with E-state index in [0.717, 1.165) is 17.0 Å². The van der Waals surface area contributed by atoms with Crippen LogP contribution in [0.4, 0.5) is 0 Å². The number of thioether (sulfide) groups is 2. The fourth-order valence-corrected chi connectivity index (χ4v) is 2.82. The molecule has 1 heterocycles. The van der Waals surface area contributed by atoms with E-state index in [4.69, 9.17) is 10.2 Å². The maximum atomic E-state index is 10.6. The van der Waals surface area contributed by atoms with Gasteiger partial charge in [0.1, 0.15) is 5.76 Å². The molecule has 106 valence electrons. The summed E-state index contributed by atoms with van der Waals surface area (Å²) in [5.74, 6) is 1.57. The number of carbonyl (C=O) groups excluding carboxylic acids is 1. The van der Waals surface area contributed by atoms with E-state index in [0.29, 0.717) is 11.6 Å². The molecule has 1 amide bonds. The van der Waals surface area contributed by atoms with Gasteiger partial charge in [-0.05, 0) is 37.4 Å². The van der Waals surface area contributed by atoms with Crippen LogP contribution in [-0.2, 0) is 10.5 Å². The maximum Gasteiger partial charge on any atom is 1.00 e. The number of hydrogen-bond donors (Lipinski definition) is 0. The van der Waals surface area contributed by atoms with E-state index in [2.05, 4.69) is 4.98 Å². The van der Waals surface area contributed by atoms with E-state index < -0.39 is 5.91 Å². The third-order valence-electron chi connectivity index (χ3n) is 2.70. The summed E-state index contributed by atoms with van der Waals surface area (Å²) in [5.41, 5.74) is 8.65.